The van der Waals surface area contributed by atoms with Crippen molar-refractivity contribution < 1.29 is 4.79 Å². The zero-order valence-corrected chi connectivity index (χ0v) is 14.8. The second-order valence-electron chi connectivity index (χ2n) is 5.19. The Bertz CT molecular complexity index is 697. The predicted octanol–water partition coefficient (Wildman–Crippen LogP) is 3.03. The van der Waals surface area contributed by atoms with Gasteiger partial charge in [0.05, 0.1) is 22.7 Å². The number of amides is 1. The van der Waals surface area contributed by atoms with Crippen LogP contribution in [0.25, 0.3) is 0 Å². The van der Waals surface area contributed by atoms with E-state index in [1.54, 1.807) is 11.0 Å². The average Bonchev–Trinajstić information content (AvgIpc) is 3.13. The Hall–Kier alpha value is -1.38. The fraction of sp³-hybridized carbons (Fsp3) is 0.429. The molecular formula is C14H16ClN5OS2. The summed E-state index contributed by atoms with van der Waals surface area (Å²) in [5.74, 6) is 0.338. The van der Waals surface area contributed by atoms with Crippen LogP contribution in [0.5, 0.6) is 0 Å². The Kier molecular flexibility index (Phi) is 5.34. The number of aromatic nitrogens is 4. The SMILES string of the molecule is C=CCN(Cc1ccc(Cl)s1)C(=O)CSc1nnnn1C1CC1. The van der Waals surface area contributed by atoms with Crippen LogP contribution in [0, 0.1) is 0 Å². The summed E-state index contributed by atoms with van der Waals surface area (Å²) in [6.45, 7) is 4.77. The molecule has 0 spiro atoms. The van der Waals surface area contributed by atoms with Crippen LogP contribution in [-0.2, 0) is 11.3 Å². The first-order valence-corrected chi connectivity index (χ1v) is 9.39. The summed E-state index contributed by atoms with van der Waals surface area (Å²) in [7, 11) is 0. The van der Waals surface area contributed by atoms with Gasteiger partial charge in [-0.3, -0.25) is 4.79 Å². The lowest BCUT2D eigenvalue weighted by molar-refractivity contribution is -0.128. The normalized spacial score (nSPS) is 14.0. The number of thioether (sulfide) groups is 1. The van der Waals surface area contributed by atoms with Gasteiger partial charge < -0.3 is 4.90 Å². The van der Waals surface area contributed by atoms with Crippen LogP contribution < -0.4 is 0 Å². The van der Waals surface area contributed by atoms with Crippen molar-refractivity contribution in [3.05, 3.63) is 34.0 Å². The molecular weight excluding hydrogens is 354 g/mol. The van der Waals surface area contributed by atoms with Crippen LogP contribution in [0.15, 0.2) is 29.9 Å². The molecule has 0 aliphatic heterocycles. The lowest BCUT2D eigenvalue weighted by Gasteiger charge is -2.20. The van der Waals surface area contributed by atoms with Gasteiger partial charge in [-0.25, -0.2) is 4.68 Å². The smallest absolute Gasteiger partial charge is 0.233 e. The minimum absolute atomic E-state index is 0.0322. The first-order chi connectivity index (χ1) is 11.2. The Morgan fingerprint density at radius 3 is 3.04 bits per heavy atom. The zero-order valence-electron chi connectivity index (χ0n) is 12.4. The van der Waals surface area contributed by atoms with Gasteiger partial charge in [0.25, 0.3) is 0 Å². The number of rotatable bonds is 8. The highest BCUT2D eigenvalue weighted by atomic mass is 35.5. The minimum atomic E-state index is 0.0322. The molecule has 0 N–H and O–H groups in total. The number of halogens is 1. The summed E-state index contributed by atoms with van der Waals surface area (Å²) in [5.41, 5.74) is 0. The van der Waals surface area contributed by atoms with Crippen molar-refractivity contribution in [3.8, 4) is 0 Å². The number of carbonyl (C=O) groups is 1. The van der Waals surface area contributed by atoms with E-state index in [-0.39, 0.29) is 5.91 Å². The maximum atomic E-state index is 12.5. The quantitative estimate of drug-likeness (QED) is 0.528. The van der Waals surface area contributed by atoms with Crippen molar-refractivity contribution in [1.29, 1.82) is 0 Å². The highest BCUT2D eigenvalue weighted by molar-refractivity contribution is 7.99. The Morgan fingerprint density at radius 1 is 1.57 bits per heavy atom. The maximum absolute atomic E-state index is 12.5. The molecule has 2 heterocycles. The highest BCUT2D eigenvalue weighted by Gasteiger charge is 2.28. The van der Waals surface area contributed by atoms with E-state index in [9.17, 15) is 4.79 Å². The van der Waals surface area contributed by atoms with Crippen molar-refractivity contribution in [2.24, 2.45) is 0 Å². The maximum Gasteiger partial charge on any atom is 0.233 e. The van der Waals surface area contributed by atoms with Crippen LogP contribution >= 0.6 is 34.7 Å². The molecule has 1 fully saturated rings. The van der Waals surface area contributed by atoms with Crippen molar-refractivity contribution in [2.75, 3.05) is 12.3 Å². The summed E-state index contributed by atoms with van der Waals surface area (Å²) in [6, 6.07) is 4.19. The summed E-state index contributed by atoms with van der Waals surface area (Å²) in [6.07, 6.45) is 3.94. The van der Waals surface area contributed by atoms with Gasteiger partial charge in [-0.1, -0.05) is 29.4 Å². The highest BCUT2D eigenvalue weighted by Crippen LogP contribution is 2.36. The van der Waals surface area contributed by atoms with Gasteiger partial charge in [0, 0.05) is 11.4 Å². The molecule has 0 unspecified atom stereocenters. The standard InChI is InChI=1S/C14H16ClN5OS2/c1-2-7-19(8-11-5-6-12(15)23-11)13(21)9-22-14-16-17-18-20(14)10-3-4-10/h2,5-6,10H,1,3-4,7-9H2. The molecule has 3 rings (SSSR count). The third kappa shape index (κ3) is 4.33. The van der Waals surface area contributed by atoms with E-state index < -0.39 is 0 Å². The molecule has 23 heavy (non-hydrogen) atoms. The number of carbonyl (C=O) groups excluding carboxylic acids is 1. The van der Waals surface area contributed by atoms with Crippen molar-refractivity contribution >= 4 is 40.6 Å². The molecule has 1 amide bonds. The molecule has 0 bridgehead atoms. The molecule has 6 nitrogen and oxygen atoms in total. The van der Waals surface area contributed by atoms with E-state index in [2.05, 4.69) is 22.1 Å². The van der Waals surface area contributed by atoms with Gasteiger partial charge in [-0.2, -0.15) is 0 Å². The van der Waals surface area contributed by atoms with Gasteiger partial charge >= 0.3 is 0 Å². The zero-order chi connectivity index (χ0) is 16.2. The fourth-order valence-electron chi connectivity index (χ4n) is 2.08. The second-order valence-corrected chi connectivity index (χ2v) is 7.94. The van der Waals surface area contributed by atoms with E-state index in [1.807, 2.05) is 16.8 Å². The molecule has 2 aromatic heterocycles. The molecule has 0 radical (unpaired) electrons. The van der Waals surface area contributed by atoms with E-state index >= 15 is 0 Å². The molecule has 9 heteroatoms. The first kappa shape index (κ1) is 16.5. The minimum Gasteiger partial charge on any atom is -0.333 e. The number of hydrogen-bond donors (Lipinski definition) is 0. The van der Waals surface area contributed by atoms with Crippen molar-refractivity contribution in [1.82, 2.24) is 25.1 Å². The van der Waals surface area contributed by atoms with E-state index in [1.165, 1.54) is 23.1 Å². The van der Waals surface area contributed by atoms with Gasteiger partial charge in [-0.15, -0.1) is 23.0 Å². The van der Waals surface area contributed by atoms with Crippen LogP contribution in [0.4, 0.5) is 0 Å². The molecule has 1 saturated carbocycles. The Balaban J connectivity index is 1.59. The van der Waals surface area contributed by atoms with Crippen molar-refractivity contribution in [3.63, 3.8) is 0 Å². The monoisotopic (exact) mass is 369 g/mol. The molecule has 0 saturated heterocycles. The first-order valence-electron chi connectivity index (χ1n) is 7.21. The van der Waals surface area contributed by atoms with Crippen molar-refractivity contribution in [2.45, 2.75) is 30.6 Å². The largest absolute Gasteiger partial charge is 0.333 e. The predicted molar refractivity (Wildman–Crippen MR) is 91.8 cm³/mol. The molecule has 1 aliphatic carbocycles. The van der Waals surface area contributed by atoms with Crippen LogP contribution in [0.3, 0.4) is 0 Å². The Morgan fingerprint density at radius 2 is 2.39 bits per heavy atom. The lowest BCUT2D eigenvalue weighted by Crippen LogP contribution is -2.31. The van der Waals surface area contributed by atoms with Gasteiger partial charge in [0.2, 0.25) is 11.1 Å². The summed E-state index contributed by atoms with van der Waals surface area (Å²) in [5, 5.41) is 12.4. The molecule has 2 aromatic rings. The number of hydrogen-bond acceptors (Lipinski definition) is 6. The summed E-state index contributed by atoms with van der Waals surface area (Å²) in [4.78, 5) is 15.3. The molecule has 1 aliphatic rings. The fourth-order valence-corrected chi connectivity index (χ4v) is 4.03. The number of tetrazole rings is 1. The third-order valence-corrected chi connectivity index (χ3v) is 5.49. The third-order valence-electron chi connectivity index (χ3n) is 3.36. The van der Waals surface area contributed by atoms with Crippen LogP contribution in [0.2, 0.25) is 4.34 Å². The van der Waals surface area contributed by atoms with E-state index in [0.29, 0.717) is 30.0 Å². The van der Waals surface area contributed by atoms with Crippen LogP contribution in [-0.4, -0.2) is 43.3 Å². The second kappa shape index (κ2) is 7.46. The van der Waals surface area contributed by atoms with Gasteiger partial charge in [-0.05, 0) is 35.4 Å². The number of thiophene rings is 1. The summed E-state index contributed by atoms with van der Waals surface area (Å²) < 4.78 is 2.54. The van der Waals surface area contributed by atoms with Gasteiger partial charge in [0.15, 0.2) is 0 Å². The lowest BCUT2D eigenvalue weighted by atomic mass is 10.4. The summed E-state index contributed by atoms with van der Waals surface area (Å²) >= 11 is 8.81. The van der Waals surface area contributed by atoms with E-state index in [0.717, 1.165) is 22.1 Å². The van der Waals surface area contributed by atoms with E-state index in [4.69, 9.17) is 11.6 Å². The average molecular weight is 370 g/mol. The molecule has 0 atom stereocenters. The Labute approximate surface area is 147 Å². The number of nitrogens with zero attached hydrogens (tertiary/aromatic N) is 5. The molecule has 0 aromatic carbocycles. The van der Waals surface area contributed by atoms with Gasteiger partial charge in [0.1, 0.15) is 0 Å². The topological polar surface area (TPSA) is 63.9 Å². The molecule has 122 valence electrons. The van der Waals surface area contributed by atoms with Crippen LogP contribution in [0.1, 0.15) is 23.8 Å².